The van der Waals surface area contributed by atoms with Crippen LogP contribution in [0.2, 0.25) is 5.02 Å². The maximum absolute atomic E-state index is 12.1. The molecule has 1 fully saturated rings. The monoisotopic (exact) mass is 377 g/mol. The van der Waals surface area contributed by atoms with Crippen LogP contribution in [0.5, 0.6) is 0 Å². The fraction of sp³-hybridized carbons (Fsp3) is 0.474. The maximum Gasteiger partial charge on any atom is 0.222 e. The number of piperazine rings is 1. The average molecular weight is 378 g/mol. The maximum atomic E-state index is 12.1. The molecule has 1 amide bonds. The van der Waals surface area contributed by atoms with Crippen LogP contribution in [0.15, 0.2) is 29.6 Å². The van der Waals surface area contributed by atoms with E-state index < -0.39 is 0 Å². The van der Waals surface area contributed by atoms with Crippen molar-refractivity contribution in [3.63, 3.8) is 0 Å². The highest BCUT2D eigenvalue weighted by Crippen LogP contribution is 2.24. The summed E-state index contributed by atoms with van der Waals surface area (Å²) >= 11 is 7.64. The van der Waals surface area contributed by atoms with Crippen molar-refractivity contribution < 1.29 is 4.79 Å². The van der Waals surface area contributed by atoms with E-state index in [0.717, 1.165) is 66.9 Å². The molecule has 0 unspecified atom stereocenters. The molecule has 3 rings (SSSR count). The Bertz CT molecular complexity index is 693. The highest BCUT2D eigenvalue weighted by Gasteiger charge is 2.21. The summed E-state index contributed by atoms with van der Waals surface area (Å²) in [6.07, 6.45) is 2.75. The first-order valence-electron chi connectivity index (χ1n) is 8.86. The van der Waals surface area contributed by atoms with Gasteiger partial charge in [-0.15, -0.1) is 11.3 Å². The first-order chi connectivity index (χ1) is 12.2. The first-order valence-corrected chi connectivity index (χ1v) is 10.1. The summed E-state index contributed by atoms with van der Waals surface area (Å²) in [5, 5.41) is 3.96. The zero-order valence-electron chi connectivity index (χ0n) is 14.6. The SMILES string of the molecule is CCCCC(=O)N1CCN(Cc2nc(-c3ccc(Cl)cc3)cs2)CC1. The van der Waals surface area contributed by atoms with E-state index >= 15 is 0 Å². The van der Waals surface area contributed by atoms with E-state index in [2.05, 4.69) is 17.2 Å². The Kier molecular flexibility index (Phi) is 6.45. The fourth-order valence-corrected chi connectivity index (χ4v) is 3.94. The molecule has 1 saturated heterocycles. The van der Waals surface area contributed by atoms with Crippen LogP contribution in [-0.2, 0) is 11.3 Å². The van der Waals surface area contributed by atoms with Crippen molar-refractivity contribution in [2.24, 2.45) is 0 Å². The minimum absolute atomic E-state index is 0.306. The van der Waals surface area contributed by atoms with E-state index in [1.165, 1.54) is 0 Å². The number of carbonyl (C=O) groups excluding carboxylic acids is 1. The molecule has 0 spiro atoms. The fourth-order valence-electron chi connectivity index (χ4n) is 2.97. The minimum atomic E-state index is 0.306. The van der Waals surface area contributed by atoms with Gasteiger partial charge in [-0.2, -0.15) is 0 Å². The van der Waals surface area contributed by atoms with Crippen LogP contribution in [0.25, 0.3) is 11.3 Å². The Labute approximate surface area is 158 Å². The Morgan fingerprint density at radius 2 is 1.92 bits per heavy atom. The number of thiazole rings is 1. The number of hydrogen-bond acceptors (Lipinski definition) is 4. The molecule has 134 valence electrons. The molecule has 0 radical (unpaired) electrons. The summed E-state index contributed by atoms with van der Waals surface area (Å²) in [6.45, 7) is 6.49. The van der Waals surface area contributed by atoms with Gasteiger partial charge >= 0.3 is 0 Å². The number of aromatic nitrogens is 1. The van der Waals surface area contributed by atoms with Crippen molar-refractivity contribution in [1.82, 2.24) is 14.8 Å². The molecule has 4 nitrogen and oxygen atoms in total. The molecular weight excluding hydrogens is 354 g/mol. The molecule has 25 heavy (non-hydrogen) atoms. The number of halogens is 1. The van der Waals surface area contributed by atoms with Crippen molar-refractivity contribution in [2.45, 2.75) is 32.7 Å². The van der Waals surface area contributed by atoms with Crippen molar-refractivity contribution in [3.8, 4) is 11.3 Å². The second kappa shape index (κ2) is 8.79. The zero-order valence-corrected chi connectivity index (χ0v) is 16.2. The van der Waals surface area contributed by atoms with E-state index in [9.17, 15) is 4.79 Å². The second-order valence-electron chi connectivity index (χ2n) is 6.39. The molecular formula is C19H24ClN3OS. The molecule has 1 aliphatic heterocycles. The Morgan fingerprint density at radius 3 is 2.60 bits per heavy atom. The summed E-state index contributed by atoms with van der Waals surface area (Å²) in [5.41, 5.74) is 2.10. The molecule has 2 aromatic rings. The number of benzene rings is 1. The molecule has 1 aliphatic rings. The van der Waals surface area contributed by atoms with E-state index in [1.54, 1.807) is 11.3 Å². The van der Waals surface area contributed by atoms with Gasteiger partial charge in [-0.05, 0) is 18.6 Å². The molecule has 2 heterocycles. The summed E-state index contributed by atoms with van der Waals surface area (Å²) in [6, 6.07) is 7.79. The number of rotatable bonds is 6. The highest BCUT2D eigenvalue weighted by atomic mass is 35.5. The first kappa shape index (κ1) is 18.4. The Hall–Kier alpha value is -1.43. The lowest BCUT2D eigenvalue weighted by atomic mass is 10.2. The van der Waals surface area contributed by atoms with E-state index in [4.69, 9.17) is 16.6 Å². The summed E-state index contributed by atoms with van der Waals surface area (Å²) < 4.78 is 0. The molecule has 0 aliphatic carbocycles. The van der Waals surface area contributed by atoms with Gasteiger partial charge in [0.1, 0.15) is 5.01 Å². The van der Waals surface area contributed by atoms with Gasteiger partial charge in [0.25, 0.3) is 0 Å². The molecule has 0 N–H and O–H groups in total. The van der Waals surface area contributed by atoms with Crippen LogP contribution in [0.1, 0.15) is 31.2 Å². The smallest absolute Gasteiger partial charge is 0.222 e. The molecule has 1 aromatic carbocycles. The predicted molar refractivity (Wildman–Crippen MR) is 104 cm³/mol. The van der Waals surface area contributed by atoms with E-state index in [-0.39, 0.29) is 0 Å². The standard InChI is InChI=1S/C19H24ClN3OS/c1-2-3-4-19(24)23-11-9-22(10-12-23)13-18-21-17(14-25-18)15-5-7-16(20)8-6-15/h5-8,14H,2-4,9-13H2,1H3. The number of carbonyl (C=O) groups is 1. The van der Waals surface area contributed by atoms with Gasteiger partial charge in [0.05, 0.1) is 12.2 Å². The molecule has 0 bridgehead atoms. The number of amides is 1. The van der Waals surface area contributed by atoms with Gasteiger partial charge in [0.15, 0.2) is 0 Å². The van der Waals surface area contributed by atoms with Crippen LogP contribution in [-0.4, -0.2) is 46.9 Å². The molecule has 0 atom stereocenters. The highest BCUT2D eigenvalue weighted by molar-refractivity contribution is 7.09. The third-order valence-corrected chi connectivity index (χ3v) is 5.61. The molecule has 0 saturated carbocycles. The van der Waals surface area contributed by atoms with Crippen molar-refractivity contribution in [1.29, 1.82) is 0 Å². The topological polar surface area (TPSA) is 36.4 Å². The van der Waals surface area contributed by atoms with Gasteiger partial charge < -0.3 is 4.90 Å². The van der Waals surface area contributed by atoms with Crippen LogP contribution in [0.3, 0.4) is 0 Å². The van der Waals surface area contributed by atoms with Gasteiger partial charge in [-0.1, -0.05) is 37.1 Å². The summed E-state index contributed by atoms with van der Waals surface area (Å²) in [4.78, 5) is 21.2. The number of unbranched alkanes of at least 4 members (excludes halogenated alkanes) is 1. The van der Waals surface area contributed by atoms with Crippen molar-refractivity contribution in [2.75, 3.05) is 26.2 Å². The molecule has 1 aromatic heterocycles. The van der Waals surface area contributed by atoms with Crippen LogP contribution < -0.4 is 0 Å². The normalized spacial score (nSPS) is 15.5. The lowest BCUT2D eigenvalue weighted by molar-refractivity contribution is -0.133. The van der Waals surface area contributed by atoms with Crippen LogP contribution in [0.4, 0.5) is 0 Å². The van der Waals surface area contributed by atoms with Gasteiger partial charge in [-0.3, -0.25) is 9.69 Å². The quantitative estimate of drug-likeness (QED) is 0.753. The number of hydrogen-bond donors (Lipinski definition) is 0. The summed E-state index contributed by atoms with van der Waals surface area (Å²) in [5.74, 6) is 0.306. The Balaban J connectivity index is 1.51. The zero-order chi connectivity index (χ0) is 17.6. The van der Waals surface area contributed by atoms with E-state index in [1.807, 2.05) is 29.2 Å². The second-order valence-corrected chi connectivity index (χ2v) is 7.77. The third kappa shape index (κ3) is 5.03. The number of nitrogens with zero attached hydrogens (tertiary/aromatic N) is 3. The van der Waals surface area contributed by atoms with Crippen molar-refractivity contribution in [3.05, 3.63) is 39.7 Å². The van der Waals surface area contributed by atoms with Gasteiger partial charge in [0, 0.05) is 48.6 Å². The van der Waals surface area contributed by atoms with Gasteiger partial charge in [-0.25, -0.2) is 4.98 Å². The predicted octanol–water partition coefficient (Wildman–Crippen LogP) is 4.30. The largest absolute Gasteiger partial charge is 0.340 e. The Morgan fingerprint density at radius 1 is 1.20 bits per heavy atom. The lowest BCUT2D eigenvalue weighted by Gasteiger charge is -2.34. The minimum Gasteiger partial charge on any atom is -0.340 e. The third-order valence-electron chi connectivity index (χ3n) is 4.52. The van der Waals surface area contributed by atoms with Crippen LogP contribution in [0, 0.1) is 0 Å². The van der Waals surface area contributed by atoms with Crippen molar-refractivity contribution >= 4 is 28.8 Å². The average Bonchev–Trinajstić information content (AvgIpc) is 3.09. The lowest BCUT2D eigenvalue weighted by Crippen LogP contribution is -2.48. The molecule has 6 heteroatoms. The summed E-state index contributed by atoms with van der Waals surface area (Å²) in [7, 11) is 0. The van der Waals surface area contributed by atoms with Crippen LogP contribution >= 0.6 is 22.9 Å². The van der Waals surface area contributed by atoms with E-state index in [0.29, 0.717) is 12.3 Å². The van der Waals surface area contributed by atoms with Gasteiger partial charge in [0.2, 0.25) is 5.91 Å².